The smallest absolute Gasteiger partial charge is 0.222 e. The molecule has 2 rings (SSSR count). The number of benzene rings is 1. The van der Waals surface area contributed by atoms with E-state index in [1.807, 2.05) is 44.2 Å². The maximum absolute atomic E-state index is 11.5. The van der Waals surface area contributed by atoms with Crippen LogP contribution in [0.1, 0.15) is 19.4 Å². The van der Waals surface area contributed by atoms with Gasteiger partial charge in [-0.15, -0.1) is 0 Å². The molecule has 1 aliphatic heterocycles. The summed E-state index contributed by atoms with van der Waals surface area (Å²) in [4.78, 5) is 11.5. The summed E-state index contributed by atoms with van der Waals surface area (Å²) in [5, 5.41) is 16.8. The minimum Gasteiger partial charge on any atom is -0.389 e. The molecule has 6 nitrogen and oxygen atoms in total. The van der Waals surface area contributed by atoms with Gasteiger partial charge in [0.1, 0.15) is 5.60 Å². The number of carbonyl (C=O) groups excluding carboxylic acids is 1. The van der Waals surface area contributed by atoms with Crippen molar-refractivity contribution in [1.82, 2.24) is 10.6 Å². The van der Waals surface area contributed by atoms with Crippen molar-refractivity contribution >= 4 is 5.91 Å². The fraction of sp³-hybridized carbons (Fsp3) is 0.632. The summed E-state index contributed by atoms with van der Waals surface area (Å²) in [5.74, 6) is 0.0134. The van der Waals surface area contributed by atoms with Crippen molar-refractivity contribution in [3.63, 3.8) is 0 Å². The molecule has 0 saturated carbocycles. The standard InChI is InChI=1S/C19H30N2O4/c1-15(2)18(23)21-9-8-20-13-17(22)19(14-24-10-11-25-19)12-16-6-4-3-5-7-16/h3-7,15,17,20,22H,8-14H2,1-2H3,(H,21,23). The van der Waals surface area contributed by atoms with Crippen LogP contribution in [0.4, 0.5) is 0 Å². The molecule has 0 aliphatic carbocycles. The summed E-state index contributed by atoms with van der Waals surface area (Å²) in [6, 6.07) is 9.99. The number of aliphatic hydroxyl groups excluding tert-OH is 1. The molecule has 6 heteroatoms. The van der Waals surface area contributed by atoms with Crippen LogP contribution < -0.4 is 10.6 Å². The quantitative estimate of drug-likeness (QED) is 0.573. The Bertz CT molecular complexity index is 515. The Labute approximate surface area is 149 Å². The highest BCUT2D eigenvalue weighted by atomic mass is 16.6. The number of rotatable bonds is 9. The highest BCUT2D eigenvalue weighted by Gasteiger charge is 2.41. The van der Waals surface area contributed by atoms with E-state index in [0.717, 1.165) is 5.56 Å². The summed E-state index contributed by atoms with van der Waals surface area (Å²) in [6.07, 6.45) is -0.102. The van der Waals surface area contributed by atoms with Crippen LogP contribution in [0, 0.1) is 5.92 Å². The van der Waals surface area contributed by atoms with Crippen LogP contribution >= 0.6 is 0 Å². The molecule has 0 bridgehead atoms. The molecule has 0 aromatic heterocycles. The maximum atomic E-state index is 11.5. The lowest BCUT2D eigenvalue weighted by molar-refractivity contribution is -0.200. The first-order chi connectivity index (χ1) is 12.0. The minimum atomic E-state index is -0.742. The van der Waals surface area contributed by atoms with Gasteiger partial charge in [-0.3, -0.25) is 4.79 Å². The number of nitrogens with one attached hydrogen (secondary N) is 2. The molecule has 1 amide bonds. The van der Waals surface area contributed by atoms with Gasteiger partial charge in [0.05, 0.1) is 25.9 Å². The van der Waals surface area contributed by atoms with Gasteiger partial charge in [0.15, 0.2) is 0 Å². The Morgan fingerprint density at radius 2 is 2.00 bits per heavy atom. The summed E-state index contributed by atoms with van der Waals surface area (Å²) < 4.78 is 11.6. The molecule has 1 heterocycles. The van der Waals surface area contributed by atoms with E-state index in [2.05, 4.69) is 10.6 Å². The van der Waals surface area contributed by atoms with Crippen LogP contribution in [0.3, 0.4) is 0 Å². The van der Waals surface area contributed by atoms with Crippen molar-refractivity contribution in [2.75, 3.05) is 39.5 Å². The summed E-state index contributed by atoms with van der Waals surface area (Å²) in [6.45, 7) is 6.64. The van der Waals surface area contributed by atoms with Crippen LogP contribution in [-0.4, -0.2) is 62.2 Å². The molecule has 140 valence electrons. The van der Waals surface area contributed by atoms with E-state index in [1.165, 1.54) is 0 Å². The number of hydrogen-bond donors (Lipinski definition) is 3. The van der Waals surface area contributed by atoms with E-state index in [4.69, 9.17) is 9.47 Å². The lowest BCUT2D eigenvalue weighted by Crippen LogP contribution is -2.57. The third-order valence-electron chi connectivity index (χ3n) is 4.38. The molecule has 1 saturated heterocycles. The number of carbonyl (C=O) groups is 1. The Hall–Kier alpha value is -1.47. The van der Waals surface area contributed by atoms with Crippen LogP contribution in [0.5, 0.6) is 0 Å². The normalized spacial score (nSPS) is 21.9. The second-order valence-corrected chi connectivity index (χ2v) is 6.79. The van der Waals surface area contributed by atoms with Crippen LogP contribution in [-0.2, 0) is 20.7 Å². The zero-order chi connectivity index (χ0) is 18.1. The third-order valence-corrected chi connectivity index (χ3v) is 4.38. The average Bonchev–Trinajstić information content (AvgIpc) is 2.62. The highest BCUT2D eigenvalue weighted by Crippen LogP contribution is 2.25. The van der Waals surface area contributed by atoms with Gasteiger partial charge in [0.2, 0.25) is 5.91 Å². The average molecular weight is 350 g/mol. The van der Waals surface area contributed by atoms with Crippen molar-refractivity contribution in [3.05, 3.63) is 35.9 Å². The number of amides is 1. The molecule has 1 aromatic carbocycles. The largest absolute Gasteiger partial charge is 0.389 e. The first kappa shape index (κ1) is 19.8. The molecule has 1 aromatic rings. The topological polar surface area (TPSA) is 79.8 Å². The molecular formula is C19H30N2O4. The van der Waals surface area contributed by atoms with Gasteiger partial charge in [0.25, 0.3) is 0 Å². The second kappa shape index (κ2) is 9.87. The van der Waals surface area contributed by atoms with Gasteiger partial charge in [-0.25, -0.2) is 0 Å². The number of hydrogen-bond acceptors (Lipinski definition) is 5. The lowest BCUT2D eigenvalue weighted by Gasteiger charge is -2.41. The predicted molar refractivity (Wildman–Crippen MR) is 96.4 cm³/mol. The van der Waals surface area contributed by atoms with Gasteiger partial charge in [-0.1, -0.05) is 44.2 Å². The van der Waals surface area contributed by atoms with E-state index in [-0.39, 0.29) is 11.8 Å². The van der Waals surface area contributed by atoms with Crippen LogP contribution in [0.2, 0.25) is 0 Å². The van der Waals surface area contributed by atoms with Crippen LogP contribution in [0.15, 0.2) is 30.3 Å². The van der Waals surface area contributed by atoms with E-state index in [0.29, 0.717) is 45.9 Å². The van der Waals surface area contributed by atoms with E-state index in [1.54, 1.807) is 0 Å². The summed E-state index contributed by atoms with van der Waals surface area (Å²) in [5.41, 5.74) is 0.365. The number of aliphatic hydroxyl groups is 1. The Morgan fingerprint density at radius 1 is 1.24 bits per heavy atom. The summed E-state index contributed by atoms with van der Waals surface area (Å²) >= 11 is 0. The highest BCUT2D eigenvalue weighted by molar-refractivity contribution is 5.77. The fourth-order valence-corrected chi connectivity index (χ4v) is 2.85. The molecule has 2 atom stereocenters. The van der Waals surface area contributed by atoms with Crippen molar-refractivity contribution < 1.29 is 19.4 Å². The number of ether oxygens (including phenoxy) is 2. The molecule has 2 unspecified atom stereocenters. The van der Waals surface area contributed by atoms with E-state index < -0.39 is 11.7 Å². The minimum absolute atomic E-state index is 0.0208. The third kappa shape index (κ3) is 6.08. The monoisotopic (exact) mass is 350 g/mol. The Morgan fingerprint density at radius 3 is 2.64 bits per heavy atom. The molecule has 0 radical (unpaired) electrons. The van der Waals surface area contributed by atoms with Crippen molar-refractivity contribution in [2.24, 2.45) is 5.92 Å². The predicted octanol–water partition coefficient (Wildman–Crippen LogP) is 0.737. The molecule has 3 N–H and O–H groups in total. The van der Waals surface area contributed by atoms with Gasteiger partial charge >= 0.3 is 0 Å². The zero-order valence-electron chi connectivity index (χ0n) is 15.2. The molecule has 1 fully saturated rings. The fourth-order valence-electron chi connectivity index (χ4n) is 2.85. The zero-order valence-corrected chi connectivity index (χ0v) is 15.2. The van der Waals surface area contributed by atoms with Gasteiger partial charge < -0.3 is 25.2 Å². The Kier molecular flexibility index (Phi) is 7.84. The molecule has 25 heavy (non-hydrogen) atoms. The Balaban J connectivity index is 1.84. The first-order valence-corrected chi connectivity index (χ1v) is 8.95. The van der Waals surface area contributed by atoms with Gasteiger partial charge in [0, 0.05) is 32.0 Å². The van der Waals surface area contributed by atoms with Gasteiger partial charge in [-0.2, -0.15) is 0 Å². The SMILES string of the molecule is CC(C)C(=O)NCCNCC(O)C1(Cc2ccccc2)COCCO1. The van der Waals surface area contributed by atoms with Gasteiger partial charge in [-0.05, 0) is 5.56 Å². The van der Waals surface area contributed by atoms with E-state index in [9.17, 15) is 9.90 Å². The molecule has 1 aliphatic rings. The lowest BCUT2D eigenvalue weighted by atomic mass is 9.88. The molecule has 0 spiro atoms. The first-order valence-electron chi connectivity index (χ1n) is 8.95. The summed E-state index contributed by atoms with van der Waals surface area (Å²) in [7, 11) is 0. The molecular weight excluding hydrogens is 320 g/mol. The second-order valence-electron chi connectivity index (χ2n) is 6.79. The maximum Gasteiger partial charge on any atom is 0.222 e. The van der Waals surface area contributed by atoms with Crippen molar-refractivity contribution in [1.29, 1.82) is 0 Å². The van der Waals surface area contributed by atoms with Crippen molar-refractivity contribution in [3.8, 4) is 0 Å². The van der Waals surface area contributed by atoms with Crippen molar-refractivity contribution in [2.45, 2.75) is 32.0 Å². The van der Waals surface area contributed by atoms with Crippen LogP contribution in [0.25, 0.3) is 0 Å². The van der Waals surface area contributed by atoms with E-state index >= 15 is 0 Å².